The van der Waals surface area contributed by atoms with Gasteiger partial charge in [-0.3, -0.25) is 4.79 Å². The molecule has 0 bridgehead atoms. The number of rotatable bonds is 7. The van der Waals surface area contributed by atoms with Gasteiger partial charge in [-0.1, -0.05) is 29.8 Å². The van der Waals surface area contributed by atoms with Crippen LogP contribution >= 0.6 is 11.6 Å². The fourth-order valence-corrected chi connectivity index (χ4v) is 2.78. The summed E-state index contributed by atoms with van der Waals surface area (Å²) in [6.07, 6.45) is 3.79. The molecule has 0 saturated heterocycles. The highest BCUT2D eigenvalue weighted by atomic mass is 35.5. The Hall–Kier alpha value is -3.12. The second-order valence-corrected chi connectivity index (χ2v) is 6.67. The maximum Gasteiger partial charge on any atom is 0.258 e. The summed E-state index contributed by atoms with van der Waals surface area (Å²) in [5.41, 5.74) is 3.12. The molecule has 0 fully saturated rings. The van der Waals surface area contributed by atoms with E-state index in [9.17, 15) is 4.79 Å². The van der Waals surface area contributed by atoms with E-state index in [4.69, 9.17) is 16.3 Å². The van der Waals surface area contributed by atoms with Crippen molar-refractivity contribution < 1.29 is 9.53 Å². The summed E-state index contributed by atoms with van der Waals surface area (Å²) in [6, 6.07) is 13.2. The zero-order valence-electron chi connectivity index (χ0n) is 15.7. The minimum atomic E-state index is -0.284. The predicted molar refractivity (Wildman–Crippen MR) is 111 cm³/mol. The van der Waals surface area contributed by atoms with Gasteiger partial charge in [0.15, 0.2) is 0 Å². The van der Waals surface area contributed by atoms with Gasteiger partial charge >= 0.3 is 0 Å². The molecule has 0 unspecified atom stereocenters. The zero-order valence-corrected chi connectivity index (χ0v) is 16.5. The van der Waals surface area contributed by atoms with Crippen LogP contribution in [-0.4, -0.2) is 29.5 Å². The van der Waals surface area contributed by atoms with Gasteiger partial charge in [-0.15, -0.1) is 0 Å². The maximum atomic E-state index is 12.4. The van der Waals surface area contributed by atoms with Crippen LogP contribution in [0.1, 0.15) is 21.5 Å². The molecule has 144 valence electrons. The van der Waals surface area contributed by atoms with Crippen LogP contribution < -0.4 is 15.4 Å². The van der Waals surface area contributed by atoms with Crippen molar-refractivity contribution in [1.82, 2.24) is 9.97 Å². The van der Waals surface area contributed by atoms with Gasteiger partial charge in [0, 0.05) is 29.6 Å². The van der Waals surface area contributed by atoms with Crippen LogP contribution in [0.2, 0.25) is 5.02 Å². The second-order valence-electron chi connectivity index (χ2n) is 6.24. The number of ether oxygens (including phenoxy) is 1. The second kappa shape index (κ2) is 9.19. The highest BCUT2D eigenvalue weighted by molar-refractivity contribution is 6.31. The van der Waals surface area contributed by atoms with Crippen LogP contribution in [0, 0.1) is 6.92 Å². The number of nitrogens with zero attached hydrogens (tertiary/aromatic N) is 2. The lowest BCUT2D eigenvalue weighted by atomic mass is 10.1. The molecule has 7 heteroatoms. The Morgan fingerprint density at radius 2 is 1.93 bits per heavy atom. The molecule has 0 atom stereocenters. The molecule has 28 heavy (non-hydrogen) atoms. The van der Waals surface area contributed by atoms with Crippen LogP contribution in [0.5, 0.6) is 5.75 Å². The number of carbonyl (C=O) groups is 1. The standard InChI is InChI=1S/C21H21ClN4O2/c1-14-6-7-17(22)11-19(14)26-20(27)16-12-24-21(25-13-16)23-9-8-15-4-3-5-18(10-15)28-2/h3-7,10-13H,8-9H2,1-2H3,(H,26,27)(H,23,24,25). The van der Waals surface area contributed by atoms with E-state index in [2.05, 4.69) is 20.6 Å². The fraction of sp³-hybridized carbons (Fsp3) is 0.190. The zero-order chi connectivity index (χ0) is 19.9. The van der Waals surface area contributed by atoms with Gasteiger partial charge in [-0.2, -0.15) is 0 Å². The largest absolute Gasteiger partial charge is 0.497 e. The van der Waals surface area contributed by atoms with Crippen LogP contribution in [-0.2, 0) is 6.42 Å². The maximum absolute atomic E-state index is 12.4. The lowest BCUT2D eigenvalue weighted by molar-refractivity contribution is 0.102. The average molecular weight is 397 g/mol. The van der Waals surface area contributed by atoms with Crippen molar-refractivity contribution in [3.05, 3.63) is 76.6 Å². The van der Waals surface area contributed by atoms with Gasteiger partial charge < -0.3 is 15.4 Å². The summed E-state index contributed by atoms with van der Waals surface area (Å²) in [5.74, 6) is 1.02. The van der Waals surface area contributed by atoms with Gasteiger partial charge in [0.05, 0.1) is 12.7 Å². The normalized spacial score (nSPS) is 10.4. The molecular weight excluding hydrogens is 376 g/mol. The first-order chi connectivity index (χ1) is 13.5. The Kier molecular flexibility index (Phi) is 6.45. The minimum absolute atomic E-state index is 0.284. The van der Waals surface area contributed by atoms with E-state index in [1.165, 1.54) is 12.4 Å². The quantitative estimate of drug-likeness (QED) is 0.620. The van der Waals surface area contributed by atoms with Crippen LogP contribution in [0.25, 0.3) is 0 Å². The van der Waals surface area contributed by atoms with E-state index < -0.39 is 0 Å². The van der Waals surface area contributed by atoms with E-state index >= 15 is 0 Å². The van der Waals surface area contributed by atoms with Gasteiger partial charge in [0.1, 0.15) is 5.75 Å². The molecule has 2 N–H and O–H groups in total. The monoisotopic (exact) mass is 396 g/mol. The number of hydrogen-bond donors (Lipinski definition) is 2. The highest BCUT2D eigenvalue weighted by Crippen LogP contribution is 2.20. The summed E-state index contributed by atoms with van der Waals surface area (Å²) in [5, 5.41) is 6.54. The molecule has 2 aromatic carbocycles. The molecule has 0 spiro atoms. The van der Waals surface area contributed by atoms with Gasteiger partial charge in [-0.25, -0.2) is 9.97 Å². The highest BCUT2D eigenvalue weighted by Gasteiger charge is 2.10. The first kappa shape index (κ1) is 19.6. The van der Waals surface area contributed by atoms with E-state index in [0.29, 0.717) is 28.8 Å². The molecule has 1 aromatic heterocycles. The first-order valence-corrected chi connectivity index (χ1v) is 9.19. The number of aryl methyl sites for hydroxylation is 1. The van der Waals surface area contributed by atoms with Crippen LogP contribution in [0.15, 0.2) is 54.9 Å². The molecule has 3 rings (SSSR count). The molecule has 1 amide bonds. The van der Waals surface area contributed by atoms with Crippen molar-refractivity contribution in [2.45, 2.75) is 13.3 Å². The number of aromatic nitrogens is 2. The molecule has 3 aromatic rings. The van der Waals surface area contributed by atoms with E-state index in [-0.39, 0.29) is 5.91 Å². The summed E-state index contributed by atoms with van der Waals surface area (Å²) in [6.45, 7) is 2.57. The molecule has 0 aliphatic rings. The Labute approximate surface area is 168 Å². The van der Waals surface area contributed by atoms with E-state index in [0.717, 1.165) is 23.3 Å². The van der Waals surface area contributed by atoms with Gasteiger partial charge in [0.25, 0.3) is 5.91 Å². The van der Waals surface area contributed by atoms with Crippen molar-refractivity contribution in [3.8, 4) is 5.75 Å². The molecule has 1 heterocycles. The summed E-state index contributed by atoms with van der Waals surface area (Å²) in [4.78, 5) is 20.8. The van der Waals surface area contributed by atoms with Crippen molar-refractivity contribution in [2.24, 2.45) is 0 Å². The number of anilines is 2. The third-order valence-corrected chi connectivity index (χ3v) is 4.43. The first-order valence-electron chi connectivity index (χ1n) is 8.81. The lowest BCUT2D eigenvalue weighted by Crippen LogP contribution is -2.14. The van der Waals surface area contributed by atoms with Crippen molar-refractivity contribution in [1.29, 1.82) is 0 Å². The Bertz CT molecular complexity index is 961. The molecule has 0 radical (unpaired) electrons. The Balaban J connectivity index is 1.55. The van der Waals surface area contributed by atoms with Crippen molar-refractivity contribution in [2.75, 3.05) is 24.3 Å². The van der Waals surface area contributed by atoms with Crippen molar-refractivity contribution >= 4 is 29.1 Å². The Morgan fingerprint density at radius 3 is 2.68 bits per heavy atom. The third kappa shape index (κ3) is 5.20. The van der Waals surface area contributed by atoms with E-state index in [1.54, 1.807) is 19.2 Å². The third-order valence-electron chi connectivity index (χ3n) is 4.19. The Morgan fingerprint density at radius 1 is 1.14 bits per heavy atom. The average Bonchev–Trinajstić information content (AvgIpc) is 2.71. The molecule has 0 aliphatic carbocycles. The fourth-order valence-electron chi connectivity index (χ4n) is 2.61. The number of hydrogen-bond acceptors (Lipinski definition) is 5. The number of nitrogens with one attached hydrogen (secondary N) is 2. The number of methoxy groups -OCH3 is 1. The van der Waals surface area contributed by atoms with Gasteiger partial charge in [0.2, 0.25) is 5.95 Å². The molecule has 6 nitrogen and oxygen atoms in total. The molecule has 0 aliphatic heterocycles. The lowest BCUT2D eigenvalue weighted by Gasteiger charge is -2.09. The topological polar surface area (TPSA) is 76.1 Å². The van der Waals surface area contributed by atoms with Crippen LogP contribution in [0.3, 0.4) is 0 Å². The molecule has 0 saturated carbocycles. The number of benzene rings is 2. The van der Waals surface area contributed by atoms with Crippen molar-refractivity contribution in [3.63, 3.8) is 0 Å². The minimum Gasteiger partial charge on any atom is -0.497 e. The van der Waals surface area contributed by atoms with Crippen LogP contribution in [0.4, 0.5) is 11.6 Å². The summed E-state index contributed by atoms with van der Waals surface area (Å²) < 4.78 is 5.22. The number of halogens is 1. The summed E-state index contributed by atoms with van der Waals surface area (Å²) >= 11 is 5.99. The van der Waals surface area contributed by atoms with E-state index in [1.807, 2.05) is 37.3 Å². The predicted octanol–water partition coefficient (Wildman–Crippen LogP) is 4.35. The van der Waals surface area contributed by atoms with Gasteiger partial charge in [-0.05, 0) is 48.7 Å². The molecular formula is C21H21ClN4O2. The SMILES string of the molecule is COc1cccc(CCNc2ncc(C(=O)Nc3cc(Cl)ccc3C)cn2)c1. The number of carbonyl (C=O) groups excluding carboxylic acids is 1. The smallest absolute Gasteiger partial charge is 0.258 e. The summed E-state index contributed by atoms with van der Waals surface area (Å²) in [7, 11) is 1.65. The number of amides is 1.